The Morgan fingerprint density at radius 3 is 2.73 bits per heavy atom. The van der Waals surface area contributed by atoms with E-state index in [1.807, 2.05) is 12.1 Å². The summed E-state index contributed by atoms with van der Waals surface area (Å²) in [7, 11) is 3.21. The van der Waals surface area contributed by atoms with Gasteiger partial charge in [0.15, 0.2) is 0 Å². The summed E-state index contributed by atoms with van der Waals surface area (Å²) in [6.45, 7) is 0.133. The van der Waals surface area contributed by atoms with Crippen LogP contribution in [-0.4, -0.2) is 49.6 Å². The molecule has 3 N–H and O–H groups in total. The van der Waals surface area contributed by atoms with Crippen LogP contribution in [0.4, 0.5) is 0 Å². The molecule has 1 aliphatic rings. The van der Waals surface area contributed by atoms with Gasteiger partial charge in [-0.05, 0) is 17.7 Å². The molecule has 0 saturated carbocycles. The van der Waals surface area contributed by atoms with Crippen molar-refractivity contribution in [2.45, 2.75) is 24.5 Å². The summed E-state index contributed by atoms with van der Waals surface area (Å²) in [4.78, 5) is 25.7. The van der Waals surface area contributed by atoms with Crippen molar-refractivity contribution in [3.8, 4) is 0 Å². The summed E-state index contributed by atoms with van der Waals surface area (Å²) in [5.74, 6) is -0.348. The van der Waals surface area contributed by atoms with Gasteiger partial charge in [0.25, 0.3) is 0 Å². The van der Waals surface area contributed by atoms with Crippen LogP contribution in [0.3, 0.4) is 0 Å². The number of nitrogens with two attached hydrogens (primary N) is 1. The van der Waals surface area contributed by atoms with Crippen molar-refractivity contribution in [3.63, 3.8) is 0 Å². The third kappa shape index (κ3) is 3.58. The molecule has 1 aromatic rings. The molecule has 3 unspecified atom stereocenters. The van der Waals surface area contributed by atoms with Crippen molar-refractivity contribution in [2.24, 2.45) is 5.73 Å². The van der Waals surface area contributed by atoms with Crippen molar-refractivity contribution in [1.29, 1.82) is 0 Å². The van der Waals surface area contributed by atoms with E-state index in [0.717, 1.165) is 5.56 Å². The summed E-state index contributed by atoms with van der Waals surface area (Å²) >= 11 is 5.90. The first-order chi connectivity index (χ1) is 10.4. The highest BCUT2D eigenvalue weighted by Crippen LogP contribution is 2.32. The Balaban J connectivity index is 2.16. The summed E-state index contributed by atoms with van der Waals surface area (Å²) in [6.07, 6.45) is 0.245. The van der Waals surface area contributed by atoms with Crippen LogP contribution >= 0.6 is 11.6 Å². The van der Waals surface area contributed by atoms with Gasteiger partial charge in [-0.15, -0.1) is 0 Å². The molecule has 2 rings (SSSR count). The van der Waals surface area contributed by atoms with E-state index in [4.69, 9.17) is 22.1 Å². The molecule has 22 heavy (non-hydrogen) atoms. The lowest BCUT2D eigenvalue weighted by Crippen LogP contribution is -2.48. The van der Waals surface area contributed by atoms with Crippen LogP contribution in [-0.2, 0) is 14.3 Å². The fraction of sp³-hybridized carbons (Fsp3) is 0.467. The van der Waals surface area contributed by atoms with Gasteiger partial charge in [-0.1, -0.05) is 23.7 Å². The molecule has 1 heterocycles. The maximum Gasteiger partial charge on any atom is 0.239 e. The number of likely N-dealkylation sites (N-methyl/N-ethyl adjacent to an activating group) is 1. The number of benzene rings is 1. The topological polar surface area (TPSA) is 84.7 Å². The van der Waals surface area contributed by atoms with Crippen LogP contribution < -0.4 is 11.1 Å². The van der Waals surface area contributed by atoms with Crippen molar-refractivity contribution in [3.05, 3.63) is 34.9 Å². The molecule has 0 aliphatic carbocycles. The minimum Gasteiger partial charge on any atom is -0.383 e. The first kappa shape index (κ1) is 16.7. The largest absolute Gasteiger partial charge is 0.383 e. The van der Waals surface area contributed by atoms with E-state index in [-0.39, 0.29) is 36.9 Å². The lowest BCUT2D eigenvalue weighted by molar-refractivity contribution is -0.127. The zero-order valence-corrected chi connectivity index (χ0v) is 13.3. The Hall–Kier alpha value is -1.63. The Morgan fingerprint density at radius 2 is 2.14 bits per heavy atom. The van der Waals surface area contributed by atoms with Crippen LogP contribution in [0.25, 0.3) is 0 Å². The molecule has 1 aliphatic heterocycles. The number of ether oxygens (including phenoxy) is 1. The molecule has 1 fully saturated rings. The fourth-order valence-corrected chi connectivity index (χ4v) is 2.79. The second-order valence-electron chi connectivity index (χ2n) is 5.38. The predicted molar refractivity (Wildman–Crippen MR) is 83.4 cm³/mol. The molecule has 0 aromatic heterocycles. The zero-order valence-electron chi connectivity index (χ0n) is 12.6. The fourth-order valence-electron chi connectivity index (χ4n) is 2.66. The van der Waals surface area contributed by atoms with Crippen molar-refractivity contribution >= 4 is 23.4 Å². The van der Waals surface area contributed by atoms with E-state index >= 15 is 0 Å². The Kier molecular flexibility index (Phi) is 5.39. The lowest BCUT2D eigenvalue weighted by Gasteiger charge is -2.26. The van der Waals surface area contributed by atoms with Gasteiger partial charge in [0.1, 0.15) is 6.04 Å². The van der Waals surface area contributed by atoms with Gasteiger partial charge in [0.05, 0.1) is 18.7 Å². The standard InChI is InChI=1S/C15H20ClN3O3/c1-19-13(20)7-12(18-15(21)11(17)8-22-2)14(19)9-3-5-10(16)6-4-9/h3-6,11-12,14H,7-8,17H2,1-2H3,(H,18,21). The molecular weight excluding hydrogens is 306 g/mol. The van der Waals surface area contributed by atoms with Gasteiger partial charge in [0.2, 0.25) is 11.8 Å². The van der Waals surface area contributed by atoms with Crippen LogP contribution in [0.1, 0.15) is 18.0 Å². The monoisotopic (exact) mass is 325 g/mol. The van der Waals surface area contributed by atoms with Crippen LogP contribution in [0.15, 0.2) is 24.3 Å². The Labute approximate surface area is 134 Å². The van der Waals surface area contributed by atoms with Gasteiger partial charge in [-0.2, -0.15) is 0 Å². The van der Waals surface area contributed by atoms with Crippen LogP contribution in [0.2, 0.25) is 5.02 Å². The van der Waals surface area contributed by atoms with Gasteiger partial charge in [-0.25, -0.2) is 0 Å². The SMILES string of the molecule is COCC(N)C(=O)NC1CC(=O)N(C)C1c1ccc(Cl)cc1. The molecular formula is C15H20ClN3O3. The van der Waals surface area contributed by atoms with E-state index in [2.05, 4.69) is 5.32 Å². The number of carbonyl (C=O) groups excluding carboxylic acids is 2. The smallest absolute Gasteiger partial charge is 0.239 e. The van der Waals surface area contributed by atoms with Crippen LogP contribution in [0, 0.1) is 0 Å². The number of carbonyl (C=O) groups is 2. The van der Waals surface area contributed by atoms with Crippen molar-refractivity contribution in [2.75, 3.05) is 20.8 Å². The number of rotatable bonds is 5. The first-order valence-electron chi connectivity index (χ1n) is 7.00. The zero-order chi connectivity index (χ0) is 16.3. The quantitative estimate of drug-likeness (QED) is 0.834. The number of likely N-dealkylation sites (tertiary alicyclic amines) is 1. The number of methoxy groups -OCH3 is 1. The highest BCUT2D eigenvalue weighted by Gasteiger charge is 2.39. The second-order valence-corrected chi connectivity index (χ2v) is 5.82. The van der Waals surface area contributed by atoms with Gasteiger partial charge in [-0.3, -0.25) is 9.59 Å². The average molecular weight is 326 g/mol. The van der Waals surface area contributed by atoms with Gasteiger partial charge < -0.3 is 20.7 Å². The average Bonchev–Trinajstić information content (AvgIpc) is 2.75. The van der Waals surface area contributed by atoms with Crippen molar-refractivity contribution in [1.82, 2.24) is 10.2 Å². The maximum atomic E-state index is 12.1. The molecule has 120 valence electrons. The first-order valence-corrected chi connectivity index (χ1v) is 7.38. The highest BCUT2D eigenvalue weighted by atomic mass is 35.5. The number of nitrogens with one attached hydrogen (secondary N) is 1. The van der Waals surface area contributed by atoms with Gasteiger partial charge in [0, 0.05) is 25.6 Å². The number of hydrogen-bond acceptors (Lipinski definition) is 4. The van der Waals surface area contributed by atoms with E-state index in [1.165, 1.54) is 7.11 Å². The minimum absolute atomic E-state index is 0.0226. The van der Waals surface area contributed by atoms with E-state index in [1.54, 1.807) is 24.1 Å². The van der Waals surface area contributed by atoms with E-state index < -0.39 is 6.04 Å². The molecule has 0 radical (unpaired) electrons. The number of nitrogens with zero attached hydrogens (tertiary/aromatic N) is 1. The molecule has 0 spiro atoms. The highest BCUT2D eigenvalue weighted by molar-refractivity contribution is 6.30. The normalized spacial score (nSPS) is 22.7. The molecule has 3 atom stereocenters. The number of hydrogen-bond donors (Lipinski definition) is 2. The predicted octanol–water partition coefficient (Wildman–Crippen LogP) is 0.702. The Bertz CT molecular complexity index is 549. The number of amides is 2. The summed E-state index contributed by atoms with van der Waals surface area (Å²) in [5, 5.41) is 3.47. The molecule has 0 bridgehead atoms. The van der Waals surface area contributed by atoms with E-state index in [0.29, 0.717) is 5.02 Å². The summed E-state index contributed by atoms with van der Waals surface area (Å²) < 4.78 is 4.88. The molecule has 2 amide bonds. The van der Waals surface area contributed by atoms with E-state index in [9.17, 15) is 9.59 Å². The summed E-state index contributed by atoms with van der Waals surface area (Å²) in [5.41, 5.74) is 6.65. The third-order valence-electron chi connectivity index (χ3n) is 3.81. The lowest BCUT2D eigenvalue weighted by atomic mass is 10.00. The third-order valence-corrected chi connectivity index (χ3v) is 4.06. The molecule has 6 nitrogen and oxygen atoms in total. The van der Waals surface area contributed by atoms with Crippen LogP contribution in [0.5, 0.6) is 0 Å². The van der Waals surface area contributed by atoms with Crippen molar-refractivity contribution < 1.29 is 14.3 Å². The molecule has 7 heteroatoms. The second kappa shape index (κ2) is 7.09. The number of halogens is 1. The summed E-state index contributed by atoms with van der Waals surface area (Å²) in [6, 6.07) is 5.94. The minimum atomic E-state index is -0.753. The Morgan fingerprint density at radius 1 is 1.50 bits per heavy atom. The maximum absolute atomic E-state index is 12.1. The molecule has 1 aromatic carbocycles. The van der Waals surface area contributed by atoms with Gasteiger partial charge >= 0.3 is 0 Å². The molecule has 1 saturated heterocycles.